The first-order chi connectivity index (χ1) is 9.00. The second-order valence-electron chi connectivity index (χ2n) is 5.06. The van der Waals surface area contributed by atoms with E-state index >= 15 is 0 Å². The van der Waals surface area contributed by atoms with Crippen LogP contribution < -0.4 is 0 Å². The lowest BCUT2D eigenvalue weighted by molar-refractivity contribution is 0.463. The number of hydrogen-bond acceptors (Lipinski definition) is 2. The predicted octanol–water partition coefficient (Wildman–Crippen LogP) is 5.28. The van der Waals surface area contributed by atoms with Crippen molar-refractivity contribution in [3.05, 3.63) is 68.6 Å². The minimum Gasteiger partial charge on any atom is -0.0815 e. The average Bonchev–Trinajstić information content (AvgIpc) is 2.37. The topological polar surface area (TPSA) is 97.5 Å². The molecule has 0 fully saturated rings. The van der Waals surface area contributed by atoms with Crippen LogP contribution in [-0.4, -0.2) is 0 Å². The summed E-state index contributed by atoms with van der Waals surface area (Å²) in [4.78, 5) is 5.64. The lowest BCUT2D eigenvalue weighted by atomic mass is 9.80. The molecule has 6 nitrogen and oxygen atoms in total. The summed E-state index contributed by atoms with van der Waals surface area (Å²) in [5.74, 6) is 0. The van der Waals surface area contributed by atoms with E-state index < -0.39 is 6.04 Å². The Morgan fingerprint density at radius 3 is 2.26 bits per heavy atom. The van der Waals surface area contributed by atoms with Crippen molar-refractivity contribution in [2.45, 2.75) is 26.8 Å². The van der Waals surface area contributed by atoms with Gasteiger partial charge in [0.25, 0.3) is 0 Å². The molecular weight excluding hydrogens is 240 g/mol. The molecule has 98 valence electrons. The van der Waals surface area contributed by atoms with E-state index in [0.29, 0.717) is 0 Å². The summed E-state index contributed by atoms with van der Waals surface area (Å²) in [6.45, 7) is 5.94. The molecule has 1 aromatic rings. The minimum absolute atomic E-state index is 0.275. The Morgan fingerprint density at radius 1 is 1.16 bits per heavy atom. The van der Waals surface area contributed by atoms with Crippen LogP contribution in [0.1, 0.15) is 32.4 Å². The Labute approximate surface area is 112 Å². The summed E-state index contributed by atoms with van der Waals surface area (Å²) in [5, 5.41) is 7.35. The van der Waals surface area contributed by atoms with Crippen molar-refractivity contribution in [3.8, 4) is 0 Å². The third-order valence-corrected chi connectivity index (χ3v) is 2.69. The lowest BCUT2D eigenvalue weighted by Gasteiger charge is -2.28. The molecule has 0 aliphatic heterocycles. The third-order valence-electron chi connectivity index (χ3n) is 2.69. The van der Waals surface area contributed by atoms with Crippen LogP contribution in [0.3, 0.4) is 0 Å². The van der Waals surface area contributed by atoms with Gasteiger partial charge in [-0.25, -0.2) is 0 Å². The van der Waals surface area contributed by atoms with Crippen molar-refractivity contribution >= 4 is 0 Å². The Bertz CT molecular complexity index is 542. The predicted molar refractivity (Wildman–Crippen MR) is 75.0 cm³/mol. The molecule has 0 aliphatic rings. The molecule has 0 spiro atoms. The number of hydrogen-bond donors (Lipinski definition) is 0. The van der Waals surface area contributed by atoms with E-state index in [4.69, 9.17) is 11.1 Å². The molecular formula is C13H16N6. The molecule has 0 N–H and O–H groups in total. The van der Waals surface area contributed by atoms with Crippen LogP contribution in [0.4, 0.5) is 0 Å². The lowest BCUT2D eigenvalue weighted by Crippen LogP contribution is -2.15. The van der Waals surface area contributed by atoms with Gasteiger partial charge in [-0.2, -0.15) is 0 Å². The molecule has 0 radical (unpaired) electrons. The van der Waals surface area contributed by atoms with Crippen molar-refractivity contribution in [2.75, 3.05) is 0 Å². The van der Waals surface area contributed by atoms with E-state index in [1.807, 2.05) is 51.1 Å². The molecule has 0 bridgehead atoms. The van der Waals surface area contributed by atoms with Crippen LogP contribution in [0, 0.1) is 5.41 Å². The molecule has 1 aromatic carbocycles. The van der Waals surface area contributed by atoms with E-state index in [9.17, 15) is 0 Å². The van der Waals surface area contributed by atoms with E-state index in [2.05, 4.69) is 20.1 Å². The van der Waals surface area contributed by atoms with Crippen molar-refractivity contribution in [1.82, 2.24) is 0 Å². The molecule has 0 aromatic heterocycles. The Balaban J connectivity index is 3.37. The first kappa shape index (κ1) is 14.6. The largest absolute Gasteiger partial charge is 0.0842 e. The fourth-order valence-electron chi connectivity index (χ4n) is 1.76. The monoisotopic (exact) mass is 256 g/mol. The van der Waals surface area contributed by atoms with Crippen molar-refractivity contribution < 1.29 is 0 Å². The van der Waals surface area contributed by atoms with Gasteiger partial charge in [-0.15, -0.1) is 0 Å². The summed E-state index contributed by atoms with van der Waals surface area (Å²) in [6.07, 6.45) is 1.44. The highest BCUT2D eigenvalue weighted by molar-refractivity contribution is 5.31. The number of rotatable bonds is 4. The smallest absolute Gasteiger partial charge is 0.0815 e. The van der Waals surface area contributed by atoms with Crippen LogP contribution in [0.5, 0.6) is 0 Å². The van der Waals surface area contributed by atoms with Gasteiger partial charge in [0.05, 0.1) is 6.04 Å². The fraction of sp³-hybridized carbons (Fsp3) is 0.385. The van der Waals surface area contributed by atoms with Gasteiger partial charge < -0.3 is 0 Å². The standard InChI is InChI=1S/C13H16N6/c1-13(2,3)11(9-16-18-14)12(17-19-15)10-7-5-4-6-8-10/h4-9,12H,1-3H3. The fourth-order valence-corrected chi connectivity index (χ4v) is 1.76. The highest BCUT2D eigenvalue weighted by atomic mass is 15.2. The molecule has 1 rings (SSSR count). The van der Waals surface area contributed by atoms with E-state index in [0.717, 1.165) is 11.1 Å². The maximum atomic E-state index is 8.77. The molecule has 1 unspecified atom stereocenters. The minimum atomic E-state index is -0.475. The van der Waals surface area contributed by atoms with Crippen molar-refractivity contribution in [3.63, 3.8) is 0 Å². The van der Waals surface area contributed by atoms with Crippen LogP contribution in [0.25, 0.3) is 20.9 Å². The van der Waals surface area contributed by atoms with Crippen molar-refractivity contribution in [1.29, 1.82) is 0 Å². The van der Waals surface area contributed by atoms with E-state index in [-0.39, 0.29) is 5.41 Å². The van der Waals surface area contributed by atoms with Gasteiger partial charge in [0.1, 0.15) is 0 Å². The first-order valence-corrected chi connectivity index (χ1v) is 5.84. The summed E-state index contributed by atoms with van der Waals surface area (Å²) in [5.41, 5.74) is 18.6. The summed E-state index contributed by atoms with van der Waals surface area (Å²) in [7, 11) is 0. The average molecular weight is 256 g/mol. The van der Waals surface area contributed by atoms with E-state index in [1.165, 1.54) is 6.20 Å². The summed E-state index contributed by atoms with van der Waals surface area (Å²) < 4.78 is 0. The molecule has 0 saturated carbocycles. The summed E-state index contributed by atoms with van der Waals surface area (Å²) in [6, 6.07) is 8.94. The van der Waals surface area contributed by atoms with Gasteiger partial charge in [0.15, 0.2) is 0 Å². The molecule has 6 heteroatoms. The normalized spacial score (nSPS) is 13.1. The Morgan fingerprint density at radius 2 is 1.79 bits per heavy atom. The zero-order chi connectivity index (χ0) is 14.3. The van der Waals surface area contributed by atoms with Gasteiger partial charge in [-0.1, -0.05) is 61.3 Å². The van der Waals surface area contributed by atoms with E-state index in [1.54, 1.807) is 0 Å². The molecule has 0 saturated heterocycles. The van der Waals surface area contributed by atoms with Gasteiger partial charge in [-0.3, -0.25) is 0 Å². The van der Waals surface area contributed by atoms with Crippen LogP contribution >= 0.6 is 0 Å². The number of nitrogens with zero attached hydrogens (tertiary/aromatic N) is 6. The zero-order valence-electron chi connectivity index (χ0n) is 11.2. The highest BCUT2D eigenvalue weighted by Gasteiger charge is 2.25. The van der Waals surface area contributed by atoms with Crippen molar-refractivity contribution in [2.24, 2.45) is 15.6 Å². The molecule has 19 heavy (non-hydrogen) atoms. The third kappa shape index (κ3) is 4.07. The summed E-state index contributed by atoms with van der Waals surface area (Å²) >= 11 is 0. The first-order valence-electron chi connectivity index (χ1n) is 5.84. The van der Waals surface area contributed by atoms with Gasteiger partial charge in [0.2, 0.25) is 0 Å². The Kier molecular flexibility index (Phi) is 5.01. The molecule has 0 amide bonds. The van der Waals surface area contributed by atoms with Gasteiger partial charge in [0, 0.05) is 16.0 Å². The quantitative estimate of drug-likeness (QED) is 0.398. The van der Waals surface area contributed by atoms with Gasteiger partial charge >= 0.3 is 0 Å². The second-order valence-corrected chi connectivity index (χ2v) is 5.06. The maximum Gasteiger partial charge on any atom is 0.0842 e. The molecule has 0 heterocycles. The number of benzene rings is 1. The van der Waals surface area contributed by atoms with Crippen LogP contribution in [-0.2, 0) is 0 Å². The van der Waals surface area contributed by atoms with Gasteiger partial charge in [-0.05, 0) is 27.6 Å². The maximum absolute atomic E-state index is 8.77. The zero-order valence-corrected chi connectivity index (χ0v) is 11.2. The van der Waals surface area contributed by atoms with Crippen LogP contribution in [0.15, 0.2) is 52.3 Å². The molecule has 1 atom stereocenters. The van der Waals surface area contributed by atoms with Crippen LogP contribution in [0.2, 0.25) is 0 Å². The Hall–Kier alpha value is -2.42. The second kappa shape index (κ2) is 6.50. The number of azide groups is 2. The molecule has 0 aliphatic carbocycles. The highest BCUT2D eigenvalue weighted by Crippen LogP contribution is 2.38. The SMILES string of the molecule is CC(C)(C)C(=CN=[N+]=[N-])C(N=[N+]=[N-])c1ccccc1.